The lowest BCUT2D eigenvalue weighted by atomic mass is 9.92. The zero-order valence-electron chi connectivity index (χ0n) is 16.7. The van der Waals surface area contributed by atoms with Crippen molar-refractivity contribution in [1.82, 2.24) is 0 Å². The summed E-state index contributed by atoms with van der Waals surface area (Å²) in [7, 11) is -0.249. The molecule has 0 saturated carbocycles. The molecule has 1 aromatic carbocycles. The van der Waals surface area contributed by atoms with E-state index in [0.29, 0.717) is 13.0 Å². The van der Waals surface area contributed by atoms with Crippen LogP contribution in [0.15, 0.2) is 36.9 Å². The second kappa shape index (κ2) is 9.34. The maximum absolute atomic E-state index is 12.8. The molecule has 0 heterocycles. The van der Waals surface area contributed by atoms with E-state index in [0.717, 1.165) is 24.2 Å². The molecule has 0 spiro atoms. The molecule has 0 radical (unpaired) electrons. The lowest BCUT2D eigenvalue weighted by Gasteiger charge is -2.37. The highest BCUT2D eigenvalue weighted by Crippen LogP contribution is 2.37. The molecule has 3 nitrogen and oxygen atoms in total. The Morgan fingerprint density at radius 3 is 2.32 bits per heavy atom. The van der Waals surface area contributed by atoms with Gasteiger partial charge in [0.05, 0.1) is 13.0 Å². The van der Waals surface area contributed by atoms with Gasteiger partial charge in [-0.3, -0.25) is 4.79 Å². The molecule has 1 atom stereocenters. The summed E-state index contributed by atoms with van der Waals surface area (Å²) in [5.74, 6) is 0.822. The van der Waals surface area contributed by atoms with Gasteiger partial charge in [0.2, 0.25) is 0 Å². The molecule has 0 N–H and O–H groups in total. The van der Waals surface area contributed by atoms with Gasteiger partial charge in [0.1, 0.15) is 11.5 Å². The number of carbonyl (C=O) groups is 1. The average molecular weight is 363 g/mol. The number of allylic oxidation sites excluding steroid dienone is 1. The number of methoxy groups -OCH3 is 1. The molecule has 0 aliphatic rings. The Balaban J connectivity index is 2.94. The summed E-state index contributed by atoms with van der Waals surface area (Å²) in [5, 5.41) is 0.128. The Bertz CT molecular complexity index is 555. The van der Waals surface area contributed by atoms with Crippen LogP contribution in [0.5, 0.6) is 5.75 Å². The van der Waals surface area contributed by atoms with Gasteiger partial charge in [-0.15, -0.1) is 6.58 Å². The van der Waals surface area contributed by atoms with E-state index in [1.54, 1.807) is 7.11 Å². The highest BCUT2D eigenvalue weighted by atomic mass is 28.4. The normalized spacial score (nSPS) is 13.4. The third-order valence-corrected chi connectivity index (χ3v) is 9.66. The van der Waals surface area contributed by atoms with E-state index < -0.39 is 8.32 Å². The van der Waals surface area contributed by atoms with Gasteiger partial charge in [0.25, 0.3) is 0 Å². The first kappa shape index (κ1) is 21.6. The van der Waals surface area contributed by atoms with Crippen LogP contribution in [0.2, 0.25) is 18.1 Å². The second-order valence-electron chi connectivity index (χ2n) is 8.04. The highest BCUT2D eigenvalue weighted by Gasteiger charge is 2.38. The lowest BCUT2D eigenvalue weighted by molar-refractivity contribution is -0.121. The van der Waals surface area contributed by atoms with Crippen LogP contribution in [0.3, 0.4) is 0 Å². The van der Waals surface area contributed by atoms with Crippen molar-refractivity contribution in [3.8, 4) is 5.75 Å². The molecule has 140 valence electrons. The molecular weight excluding hydrogens is 328 g/mol. The first-order chi connectivity index (χ1) is 11.6. The Labute approximate surface area is 154 Å². The molecule has 0 fully saturated rings. The van der Waals surface area contributed by atoms with Crippen LogP contribution < -0.4 is 4.74 Å². The second-order valence-corrected chi connectivity index (χ2v) is 12.9. The van der Waals surface area contributed by atoms with E-state index in [1.807, 2.05) is 30.3 Å². The molecule has 0 bridgehead atoms. The summed E-state index contributed by atoms with van der Waals surface area (Å²) >= 11 is 0. The molecule has 0 amide bonds. The van der Waals surface area contributed by atoms with E-state index in [2.05, 4.69) is 40.4 Å². The van der Waals surface area contributed by atoms with Crippen molar-refractivity contribution in [2.45, 2.75) is 64.1 Å². The summed E-state index contributed by atoms with van der Waals surface area (Å²) in [6, 6.07) is 7.77. The van der Waals surface area contributed by atoms with Crippen molar-refractivity contribution < 1.29 is 14.0 Å². The Morgan fingerprint density at radius 2 is 1.84 bits per heavy atom. The molecule has 4 heteroatoms. The minimum absolute atomic E-state index is 0.128. The predicted octanol–water partition coefficient (Wildman–Crippen LogP) is 5.73. The van der Waals surface area contributed by atoms with E-state index in [-0.39, 0.29) is 16.7 Å². The van der Waals surface area contributed by atoms with Crippen LogP contribution >= 0.6 is 0 Å². The van der Waals surface area contributed by atoms with Crippen molar-refractivity contribution in [2.24, 2.45) is 0 Å². The quantitative estimate of drug-likeness (QED) is 0.303. The first-order valence-electron chi connectivity index (χ1n) is 9.04. The number of Topliss-reactive ketones (excluding diaryl/α,β-unsaturated/α-hetero) is 1. The monoisotopic (exact) mass is 362 g/mol. The predicted molar refractivity (Wildman–Crippen MR) is 108 cm³/mol. The Morgan fingerprint density at radius 1 is 1.24 bits per heavy atom. The van der Waals surface area contributed by atoms with Gasteiger partial charge in [0, 0.05) is 13.0 Å². The summed E-state index contributed by atoms with van der Waals surface area (Å²) in [6.07, 6.45) is 4.13. The van der Waals surface area contributed by atoms with Gasteiger partial charge in [-0.05, 0) is 48.7 Å². The van der Waals surface area contributed by atoms with E-state index in [9.17, 15) is 4.79 Å². The average Bonchev–Trinajstić information content (AvgIpc) is 2.54. The fourth-order valence-electron chi connectivity index (χ4n) is 2.31. The number of ether oxygens (including phenoxy) is 1. The zero-order chi connectivity index (χ0) is 19.1. The molecule has 0 aromatic heterocycles. The molecule has 0 saturated heterocycles. The molecule has 1 aromatic rings. The third kappa shape index (κ3) is 6.44. The zero-order valence-corrected chi connectivity index (χ0v) is 17.7. The van der Waals surface area contributed by atoms with Crippen molar-refractivity contribution in [3.05, 3.63) is 42.5 Å². The van der Waals surface area contributed by atoms with Gasteiger partial charge >= 0.3 is 0 Å². The highest BCUT2D eigenvalue weighted by molar-refractivity contribution is 6.74. The van der Waals surface area contributed by atoms with Gasteiger partial charge in [-0.2, -0.15) is 0 Å². The number of unbranched alkanes of at least 4 members (excludes halogenated alkanes) is 1. The van der Waals surface area contributed by atoms with Gasteiger partial charge < -0.3 is 9.16 Å². The summed E-state index contributed by atoms with van der Waals surface area (Å²) in [5.41, 5.74) is 1.00. The van der Waals surface area contributed by atoms with Crippen molar-refractivity contribution in [3.63, 3.8) is 0 Å². The Hall–Kier alpha value is -1.39. The molecule has 25 heavy (non-hydrogen) atoms. The Kier molecular flexibility index (Phi) is 8.09. The number of carbonyl (C=O) groups excluding carboxylic acids is 1. The largest absolute Gasteiger partial charge is 0.497 e. The SMILES string of the molecule is C=CCCCC(=O)[C@@H](CO[Si](C)(C)C(C)(C)C)c1ccc(OC)cc1. The van der Waals surface area contributed by atoms with Gasteiger partial charge in [0.15, 0.2) is 8.32 Å². The third-order valence-electron chi connectivity index (χ3n) is 5.16. The van der Waals surface area contributed by atoms with Gasteiger partial charge in [-0.25, -0.2) is 0 Å². The van der Waals surface area contributed by atoms with Crippen LogP contribution in [0.1, 0.15) is 51.5 Å². The fraction of sp³-hybridized carbons (Fsp3) is 0.571. The maximum atomic E-state index is 12.8. The smallest absolute Gasteiger partial charge is 0.192 e. The summed E-state index contributed by atoms with van der Waals surface area (Å²) < 4.78 is 11.6. The minimum atomic E-state index is -1.90. The van der Waals surface area contributed by atoms with Crippen LogP contribution in [-0.4, -0.2) is 27.8 Å². The van der Waals surface area contributed by atoms with Crippen LogP contribution in [0.4, 0.5) is 0 Å². The first-order valence-corrected chi connectivity index (χ1v) is 11.9. The van der Waals surface area contributed by atoms with Crippen LogP contribution in [0, 0.1) is 0 Å². The fourth-order valence-corrected chi connectivity index (χ4v) is 3.33. The van der Waals surface area contributed by atoms with E-state index >= 15 is 0 Å². The molecule has 1 rings (SSSR count). The molecule has 0 aliphatic carbocycles. The molecule has 0 aliphatic heterocycles. The number of hydrogen-bond donors (Lipinski definition) is 0. The topological polar surface area (TPSA) is 35.5 Å². The standard InChI is InChI=1S/C21H34O3Si/c1-8-9-10-11-20(22)19(16-24-25(6,7)21(2,3)4)17-12-14-18(23-5)15-13-17/h8,12-15,19H,1,9-11,16H2,2-7H3/t19-/m0/s1. The number of ketones is 1. The van der Waals surface area contributed by atoms with Crippen molar-refractivity contribution >= 4 is 14.1 Å². The molecule has 0 unspecified atom stereocenters. The number of benzene rings is 1. The number of rotatable bonds is 10. The summed E-state index contributed by atoms with van der Waals surface area (Å²) in [6.45, 7) is 15.3. The van der Waals surface area contributed by atoms with E-state index in [4.69, 9.17) is 9.16 Å². The van der Waals surface area contributed by atoms with Crippen LogP contribution in [-0.2, 0) is 9.22 Å². The maximum Gasteiger partial charge on any atom is 0.192 e. The van der Waals surface area contributed by atoms with Gasteiger partial charge in [-0.1, -0.05) is 39.0 Å². The van der Waals surface area contributed by atoms with E-state index in [1.165, 1.54) is 0 Å². The lowest BCUT2D eigenvalue weighted by Crippen LogP contribution is -2.42. The van der Waals surface area contributed by atoms with Crippen LogP contribution in [0.25, 0.3) is 0 Å². The summed E-state index contributed by atoms with van der Waals surface area (Å²) in [4.78, 5) is 12.8. The molecular formula is C21H34O3Si. The van der Waals surface area contributed by atoms with Crippen molar-refractivity contribution in [2.75, 3.05) is 13.7 Å². The van der Waals surface area contributed by atoms with Crippen molar-refractivity contribution in [1.29, 1.82) is 0 Å². The number of hydrogen-bond acceptors (Lipinski definition) is 3. The minimum Gasteiger partial charge on any atom is -0.497 e.